The molecule has 21 heavy (non-hydrogen) atoms. The monoisotopic (exact) mass is 284 g/mol. The fourth-order valence-electron chi connectivity index (χ4n) is 2.91. The first kappa shape index (κ1) is 13.7. The Morgan fingerprint density at radius 1 is 1.48 bits per heavy atom. The van der Waals surface area contributed by atoms with Crippen LogP contribution < -0.4 is 10.2 Å². The van der Waals surface area contributed by atoms with Gasteiger partial charge in [-0.25, -0.2) is 9.78 Å². The Kier molecular flexibility index (Phi) is 3.64. The van der Waals surface area contributed by atoms with Gasteiger partial charge in [-0.15, -0.1) is 0 Å². The lowest BCUT2D eigenvalue weighted by atomic mass is 10.1. The van der Waals surface area contributed by atoms with E-state index < -0.39 is 0 Å². The number of para-hydroxylation sites is 1. The second-order valence-corrected chi connectivity index (χ2v) is 5.66. The zero-order chi connectivity index (χ0) is 14.8. The zero-order valence-corrected chi connectivity index (χ0v) is 12.4. The molecular weight excluding hydrogens is 264 g/mol. The third kappa shape index (κ3) is 2.77. The number of nitrogens with one attached hydrogen (secondary N) is 1. The number of anilines is 1. The third-order valence-corrected chi connectivity index (χ3v) is 3.84. The minimum atomic E-state index is -0.0277. The normalized spacial score (nSPS) is 18.4. The first-order valence-electron chi connectivity index (χ1n) is 7.28. The van der Waals surface area contributed by atoms with Gasteiger partial charge in [-0.3, -0.25) is 4.90 Å². The van der Waals surface area contributed by atoms with E-state index >= 15 is 0 Å². The molecule has 1 N–H and O–H groups in total. The molecule has 2 amide bonds. The summed E-state index contributed by atoms with van der Waals surface area (Å²) in [6.45, 7) is 4.81. The SMILES string of the molecule is C[C@@H]1Cc2ccccc2N1C(=O)N[C@@H](C)Cn1ccnc1. The number of hydrogen-bond acceptors (Lipinski definition) is 2. The molecule has 0 spiro atoms. The van der Waals surface area contributed by atoms with E-state index in [-0.39, 0.29) is 18.1 Å². The van der Waals surface area contributed by atoms with E-state index in [9.17, 15) is 4.79 Å². The number of urea groups is 1. The molecule has 1 aliphatic rings. The number of hydrogen-bond donors (Lipinski definition) is 1. The number of imidazole rings is 1. The van der Waals surface area contributed by atoms with Gasteiger partial charge in [-0.05, 0) is 31.9 Å². The fraction of sp³-hybridized carbons (Fsp3) is 0.375. The Balaban J connectivity index is 1.68. The second kappa shape index (κ2) is 5.60. The summed E-state index contributed by atoms with van der Waals surface area (Å²) in [6.07, 6.45) is 6.32. The number of fused-ring (bicyclic) bond motifs is 1. The highest BCUT2D eigenvalue weighted by molar-refractivity contribution is 5.95. The Hall–Kier alpha value is -2.30. The molecule has 110 valence electrons. The number of benzene rings is 1. The van der Waals surface area contributed by atoms with Gasteiger partial charge in [-0.1, -0.05) is 18.2 Å². The van der Waals surface area contributed by atoms with Crippen LogP contribution >= 0.6 is 0 Å². The Labute approximate surface area is 124 Å². The largest absolute Gasteiger partial charge is 0.335 e. The highest BCUT2D eigenvalue weighted by atomic mass is 16.2. The molecule has 3 rings (SSSR count). The molecule has 0 fully saturated rings. The number of aromatic nitrogens is 2. The van der Waals surface area contributed by atoms with Crippen molar-refractivity contribution in [2.24, 2.45) is 0 Å². The molecule has 0 saturated heterocycles. The van der Waals surface area contributed by atoms with Gasteiger partial charge in [0, 0.05) is 36.7 Å². The Morgan fingerprint density at radius 3 is 3.05 bits per heavy atom. The van der Waals surface area contributed by atoms with Crippen molar-refractivity contribution < 1.29 is 4.79 Å². The molecule has 0 saturated carbocycles. The number of nitrogens with zero attached hydrogens (tertiary/aromatic N) is 3. The predicted octanol–water partition coefficient (Wildman–Crippen LogP) is 2.43. The summed E-state index contributed by atoms with van der Waals surface area (Å²) in [4.78, 5) is 18.4. The van der Waals surface area contributed by atoms with E-state index in [0.29, 0.717) is 0 Å². The standard InChI is InChI=1S/C16H20N4O/c1-12(10-19-8-7-17-11-19)18-16(21)20-13(2)9-14-5-3-4-6-15(14)20/h3-8,11-13H,9-10H2,1-2H3,(H,18,21)/t12-,13+/m0/s1. The highest BCUT2D eigenvalue weighted by Gasteiger charge is 2.30. The van der Waals surface area contributed by atoms with Crippen LogP contribution in [0.5, 0.6) is 0 Å². The lowest BCUT2D eigenvalue weighted by molar-refractivity contribution is 0.241. The van der Waals surface area contributed by atoms with Gasteiger partial charge in [0.15, 0.2) is 0 Å². The van der Waals surface area contributed by atoms with Crippen LogP contribution in [0.3, 0.4) is 0 Å². The number of carbonyl (C=O) groups excluding carboxylic acids is 1. The maximum Gasteiger partial charge on any atom is 0.322 e. The van der Waals surface area contributed by atoms with E-state index in [1.807, 2.05) is 40.8 Å². The average molecular weight is 284 g/mol. The van der Waals surface area contributed by atoms with Crippen molar-refractivity contribution in [1.29, 1.82) is 0 Å². The summed E-state index contributed by atoms with van der Waals surface area (Å²) >= 11 is 0. The van der Waals surface area contributed by atoms with Crippen molar-refractivity contribution in [2.45, 2.75) is 38.9 Å². The zero-order valence-electron chi connectivity index (χ0n) is 12.4. The minimum absolute atomic E-state index is 0.0277. The van der Waals surface area contributed by atoms with E-state index in [4.69, 9.17) is 0 Å². The third-order valence-electron chi connectivity index (χ3n) is 3.84. The van der Waals surface area contributed by atoms with E-state index in [1.54, 1.807) is 12.5 Å². The van der Waals surface area contributed by atoms with Crippen LogP contribution in [0.15, 0.2) is 43.0 Å². The molecule has 0 unspecified atom stereocenters. The summed E-state index contributed by atoms with van der Waals surface area (Å²) in [5.74, 6) is 0. The summed E-state index contributed by atoms with van der Waals surface area (Å²) < 4.78 is 1.96. The molecule has 2 heterocycles. The van der Waals surface area contributed by atoms with Crippen LogP contribution in [0.25, 0.3) is 0 Å². The average Bonchev–Trinajstić information content (AvgIpc) is 3.04. The molecule has 1 aromatic carbocycles. The first-order chi connectivity index (χ1) is 10.1. The first-order valence-corrected chi connectivity index (χ1v) is 7.28. The van der Waals surface area contributed by atoms with Crippen LogP contribution in [0.4, 0.5) is 10.5 Å². The van der Waals surface area contributed by atoms with Crippen molar-refractivity contribution >= 4 is 11.7 Å². The van der Waals surface area contributed by atoms with Crippen molar-refractivity contribution in [3.05, 3.63) is 48.5 Å². The van der Waals surface area contributed by atoms with Gasteiger partial charge in [-0.2, -0.15) is 0 Å². The molecule has 0 aliphatic carbocycles. The van der Waals surface area contributed by atoms with Crippen molar-refractivity contribution in [3.8, 4) is 0 Å². The number of rotatable bonds is 3. The molecule has 5 heteroatoms. The summed E-state index contributed by atoms with van der Waals surface area (Å²) in [6, 6.07) is 8.32. The molecule has 5 nitrogen and oxygen atoms in total. The maximum atomic E-state index is 12.5. The maximum absolute atomic E-state index is 12.5. The summed E-state index contributed by atoms with van der Waals surface area (Å²) in [5.41, 5.74) is 2.26. The Morgan fingerprint density at radius 2 is 2.29 bits per heavy atom. The number of amides is 2. The molecular formula is C16H20N4O. The van der Waals surface area contributed by atoms with Crippen molar-refractivity contribution in [2.75, 3.05) is 4.90 Å². The Bertz CT molecular complexity index is 623. The highest BCUT2D eigenvalue weighted by Crippen LogP contribution is 2.31. The molecule has 1 aliphatic heterocycles. The fourth-order valence-corrected chi connectivity index (χ4v) is 2.91. The predicted molar refractivity (Wildman–Crippen MR) is 82.3 cm³/mol. The quantitative estimate of drug-likeness (QED) is 0.941. The van der Waals surface area contributed by atoms with Gasteiger partial charge in [0.2, 0.25) is 0 Å². The molecule has 2 aromatic rings. The van der Waals surface area contributed by atoms with Gasteiger partial charge in [0.05, 0.1) is 6.33 Å². The van der Waals surface area contributed by atoms with Crippen LogP contribution in [-0.4, -0.2) is 27.7 Å². The van der Waals surface area contributed by atoms with Gasteiger partial charge >= 0.3 is 6.03 Å². The van der Waals surface area contributed by atoms with Crippen LogP contribution in [0, 0.1) is 0 Å². The summed E-state index contributed by atoms with van der Waals surface area (Å²) in [7, 11) is 0. The molecule has 0 radical (unpaired) electrons. The van der Waals surface area contributed by atoms with Gasteiger partial charge < -0.3 is 9.88 Å². The van der Waals surface area contributed by atoms with E-state index in [1.165, 1.54) is 5.56 Å². The van der Waals surface area contributed by atoms with Crippen molar-refractivity contribution in [1.82, 2.24) is 14.9 Å². The van der Waals surface area contributed by atoms with Gasteiger partial charge in [0.25, 0.3) is 0 Å². The summed E-state index contributed by atoms with van der Waals surface area (Å²) in [5, 5.41) is 3.07. The lowest BCUT2D eigenvalue weighted by Gasteiger charge is -2.25. The van der Waals surface area contributed by atoms with E-state index in [2.05, 4.69) is 23.3 Å². The van der Waals surface area contributed by atoms with Crippen LogP contribution in [-0.2, 0) is 13.0 Å². The lowest BCUT2D eigenvalue weighted by Crippen LogP contribution is -2.47. The molecule has 0 bridgehead atoms. The van der Waals surface area contributed by atoms with E-state index in [0.717, 1.165) is 18.7 Å². The number of carbonyl (C=O) groups is 1. The van der Waals surface area contributed by atoms with Crippen LogP contribution in [0.1, 0.15) is 19.4 Å². The van der Waals surface area contributed by atoms with Crippen molar-refractivity contribution in [3.63, 3.8) is 0 Å². The van der Waals surface area contributed by atoms with Crippen LogP contribution in [0.2, 0.25) is 0 Å². The molecule has 2 atom stereocenters. The topological polar surface area (TPSA) is 50.2 Å². The second-order valence-electron chi connectivity index (χ2n) is 5.66. The van der Waals surface area contributed by atoms with Gasteiger partial charge in [0.1, 0.15) is 0 Å². The molecule has 1 aromatic heterocycles. The smallest absolute Gasteiger partial charge is 0.322 e. The minimum Gasteiger partial charge on any atom is -0.335 e.